The van der Waals surface area contributed by atoms with Gasteiger partial charge in [-0.25, -0.2) is 4.39 Å². The Bertz CT molecular complexity index is 303. The minimum absolute atomic E-state index is 0.268. The third kappa shape index (κ3) is 1.65. The average Bonchev–Trinajstić information content (AvgIpc) is 1.94. The van der Waals surface area contributed by atoms with Gasteiger partial charge in [-0.05, 0) is 6.07 Å². The Morgan fingerprint density at radius 1 is 1.73 bits per heavy atom. The van der Waals surface area contributed by atoms with Gasteiger partial charge in [0.05, 0.1) is 16.0 Å². The SMILES string of the molecule is O=[N+]([O-])c1[c]cc(F)c(Cl)c1. The first kappa shape index (κ1) is 7.94. The second kappa shape index (κ2) is 2.84. The molecule has 0 saturated carbocycles. The predicted molar refractivity (Wildman–Crippen MR) is 36.9 cm³/mol. The highest BCUT2D eigenvalue weighted by atomic mass is 35.5. The minimum Gasteiger partial charge on any atom is -0.258 e. The van der Waals surface area contributed by atoms with Crippen LogP contribution in [0, 0.1) is 22.0 Å². The van der Waals surface area contributed by atoms with E-state index in [2.05, 4.69) is 6.07 Å². The van der Waals surface area contributed by atoms with Crippen molar-refractivity contribution in [3.8, 4) is 0 Å². The molecule has 1 aromatic rings. The molecular weight excluding hydrogens is 173 g/mol. The molecule has 5 heteroatoms. The van der Waals surface area contributed by atoms with E-state index < -0.39 is 10.7 Å². The summed E-state index contributed by atoms with van der Waals surface area (Å²) in [5, 5.41) is 9.79. The van der Waals surface area contributed by atoms with Crippen molar-refractivity contribution in [2.75, 3.05) is 0 Å². The fourth-order valence-electron chi connectivity index (χ4n) is 0.542. The van der Waals surface area contributed by atoms with Crippen LogP contribution in [0.1, 0.15) is 0 Å². The molecule has 1 aromatic carbocycles. The molecule has 0 atom stereocenters. The summed E-state index contributed by atoms with van der Waals surface area (Å²) < 4.78 is 12.4. The van der Waals surface area contributed by atoms with Gasteiger partial charge in [0.1, 0.15) is 5.82 Å². The highest BCUT2D eigenvalue weighted by Gasteiger charge is 2.08. The van der Waals surface area contributed by atoms with Gasteiger partial charge < -0.3 is 0 Å². The van der Waals surface area contributed by atoms with E-state index in [-0.39, 0.29) is 10.7 Å². The van der Waals surface area contributed by atoms with Gasteiger partial charge >= 0.3 is 0 Å². The molecule has 0 heterocycles. The van der Waals surface area contributed by atoms with Crippen LogP contribution in [0.15, 0.2) is 12.1 Å². The van der Waals surface area contributed by atoms with E-state index in [1.165, 1.54) is 0 Å². The zero-order chi connectivity index (χ0) is 8.43. The predicted octanol–water partition coefficient (Wildman–Crippen LogP) is 2.19. The number of hydrogen-bond acceptors (Lipinski definition) is 2. The zero-order valence-corrected chi connectivity index (χ0v) is 5.93. The Morgan fingerprint density at radius 2 is 2.36 bits per heavy atom. The third-order valence-electron chi connectivity index (χ3n) is 1.04. The Kier molecular flexibility index (Phi) is 2.05. The molecule has 0 aromatic heterocycles. The van der Waals surface area contributed by atoms with E-state index in [0.29, 0.717) is 0 Å². The van der Waals surface area contributed by atoms with Crippen LogP contribution >= 0.6 is 11.6 Å². The number of hydrogen-bond donors (Lipinski definition) is 0. The largest absolute Gasteiger partial charge is 0.279 e. The summed E-state index contributed by atoms with van der Waals surface area (Å²) in [6.07, 6.45) is 0. The zero-order valence-electron chi connectivity index (χ0n) is 5.17. The summed E-state index contributed by atoms with van der Waals surface area (Å²) in [6, 6.07) is 3.87. The highest BCUT2D eigenvalue weighted by molar-refractivity contribution is 6.30. The maximum absolute atomic E-state index is 12.4. The van der Waals surface area contributed by atoms with E-state index in [0.717, 1.165) is 12.1 Å². The van der Waals surface area contributed by atoms with E-state index in [1.807, 2.05) is 0 Å². The molecule has 57 valence electrons. The Balaban J connectivity index is 3.15. The molecule has 0 fully saturated rings. The first-order valence-corrected chi connectivity index (χ1v) is 3.00. The van der Waals surface area contributed by atoms with E-state index in [9.17, 15) is 14.5 Å². The molecule has 3 nitrogen and oxygen atoms in total. The van der Waals surface area contributed by atoms with E-state index in [4.69, 9.17) is 11.6 Å². The van der Waals surface area contributed by atoms with Crippen LogP contribution in [0.5, 0.6) is 0 Å². The molecule has 0 aliphatic carbocycles. The van der Waals surface area contributed by atoms with Gasteiger partial charge in [0.15, 0.2) is 0 Å². The van der Waals surface area contributed by atoms with Crippen molar-refractivity contribution >= 4 is 17.3 Å². The summed E-state index contributed by atoms with van der Waals surface area (Å²) in [6.45, 7) is 0. The standard InChI is InChI=1S/C6H2ClFNO2/c7-5-3-4(9(10)11)1-2-6(5)8/h2-3H. The maximum Gasteiger partial charge on any atom is 0.279 e. The molecule has 0 N–H and O–H groups in total. The van der Waals surface area contributed by atoms with Crippen LogP contribution in [0.4, 0.5) is 10.1 Å². The molecule has 0 spiro atoms. The van der Waals surface area contributed by atoms with Gasteiger partial charge in [-0.3, -0.25) is 10.1 Å². The Hall–Kier alpha value is -1.16. The summed E-state index contributed by atoms with van der Waals surface area (Å²) in [5.74, 6) is -0.711. The fraction of sp³-hybridized carbons (Fsp3) is 0. The second-order valence-electron chi connectivity index (χ2n) is 1.77. The van der Waals surface area contributed by atoms with Crippen molar-refractivity contribution < 1.29 is 9.31 Å². The number of nitrogens with zero attached hydrogens (tertiary/aromatic N) is 1. The Morgan fingerprint density at radius 3 is 2.82 bits per heavy atom. The number of halogens is 2. The smallest absolute Gasteiger partial charge is 0.258 e. The first-order valence-electron chi connectivity index (χ1n) is 2.62. The molecule has 0 unspecified atom stereocenters. The van der Waals surface area contributed by atoms with Gasteiger partial charge in [-0.1, -0.05) is 11.6 Å². The number of nitro benzene ring substituents is 1. The second-order valence-corrected chi connectivity index (χ2v) is 2.18. The third-order valence-corrected chi connectivity index (χ3v) is 1.32. The highest BCUT2D eigenvalue weighted by Crippen LogP contribution is 2.19. The monoisotopic (exact) mass is 174 g/mol. The van der Waals surface area contributed by atoms with E-state index in [1.54, 1.807) is 0 Å². The molecule has 0 bridgehead atoms. The molecule has 1 rings (SSSR count). The average molecular weight is 175 g/mol. The molecule has 1 radical (unpaired) electrons. The van der Waals surface area contributed by atoms with Crippen LogP contribution < -0.4 is 0 Å². The normalized spacial score (nSPS) is 9.64. The lowest BCUT2D eigenvalue weighted by molar-refractivity contribution is -0.385. The van der Waals surface area contributed by atoms with Crippen LogP contribution in [-0.2, 0) is 0 Å². The molecule has 0 aliphatic rings. The van der Waals surface area contributed by atoms with Gasteiger partial charge in [-0.15, -0.1) is 0 Å². The van der Waals surface area contributed by atoms with Crippen molar-refractivity contribution in [2.24, 2.45) is 0 Å². The number of non-ortho nitro benzene ring substituents is 1. The Labute approximate surface area is 66.6 Å². The minimum atomic E-state index is -0.711. The van der Waals surface area contributed by atoms with Crippen LogP contribution in [0.25, 0.3) is 0 Å². The van der Waals surface area contributed by atoms with Crippen LogP contribution in [0.3, 0.4) is 0 Å². The summed E-state index contributed by atoms with van der Waals surface area (Å²) >= 11 is 5.26. The van der Waals surface area contributed by atoms with Gasteiger partial charge in [-0.2, -0.15) is 0 Å². The lowest BCUT2D eigenvalue weighted by Crippen LogP contribution is -1.88. The maximum atomic E-state index is 12.4. The molecule has 0 saturated heterocycles. The summed E-state index contributed by atoms with van der Waals surface area (Å²) in [5.41, 5.74) is -0.337. The van der Waals surface area contributed by atoms with Gasteiger partial charge in [0.25, 0.3) is 5.69 Å². The number of benzene rings is 1. The van der Waals surface area contributed by atoms with Crippen molar-refractivity contribution in [1.82, 2.24) is 0 Å². The van der Waals surface area contributed by atoms with Crippen LogP contribution in [-0.4, -0.2) is 4.92 Å². The van der Waals surface area contributed by atoms with Crippen molar-refractivity contribution in [3.63, 3.8) is 0 Å². The van der Waals surface area contributed by atoms with E-state index >= 15 is 0 Å². The molecule has 0 amide bonds. The molecular formula is C6H2ClFNO2. The number of rotatable bonds is 1. The first-order chi connectivity index (χ1) is 5.11. The lowest BCUT2D eigenvalue weighted by Gasteiger charge is -1.91. The molecule has 0 aliphatic heterocycles. The summed E-state index contributed by atoms with van der Waals surface area (Å²) in [7, 11) is 0. The fourth-order valence-corrected chi connectivity index (χ4v) is 0.700. The topological polar surface area (TPSA) is 43.1 Å². The molecule has 11 heavy (non-hydrogen) atoms. The van der Waals surface area contributed by atoms with Crippen molar-refractivity contribution in [3.05, 3.63) is 39.2 Å². The van der Waals surface area contributed by atoms with Gasteiger partial charge in [0.2, 0.25) is 0 Å². The van der Waals surface area contributed by atoms with Crippen LogP contribution in [0.2, 0.25) is 5.02 Å². The van der Waals surface area contributed by atoms with Crippen molar-refractivity contribution in [1.29, 1.82) is 0 Å². The summed E-state index contributed by atoms with van der Waals surface area (Å²) in [4.78, 5) is 9.37. The van der Waals surface area contributed by atoms with Crippen molar-refractivity contribution in [2.45, 2.75) is 0 Å². The number of nitro groups is 1. The lowest BCUT2D eigenvalue weighted by atomic mass is 10.3. The van der Waals surface area contributed by atoms with Gasteiger partial charge in [0, 0.05) is 6.07 Å². The quantitative estimate of drug-likeness (QED) is 0.484.